The van der Waals surface area contributed by atoms with Gasteiger partial charge in [-0.15, -0.1) is 0 Å². The number of rotatable bonds is 4. The van der Waals surface area contributed by atoms with E-state index in [0.717, 1.165) is 12.8 Å². The number of likely N-dealkylation sites (tertiary alicyclic amines) is 1. The lowest BCUT2D eigenvalue weighted by molar-refractivity contribution is 0.0142. The van der Waals surface area contributed by atoms with Gasteiger partial charge in [-0.1, -0.05) is 11.6 Å². The lowest BCUT2D eigenvalue weighted by Crippen LogP contribution is -2.44. The van der Waals surface area contributed by atoms with Gasteiger partial charge < -0.3 is 9.64 Å². The van der Waals surface area contributed by atoms with Crippen molar-refractivity contribution in [3.8, 4) is 0 Å². The summed E-state index contributed by atoms with van der Waals surface area (Å²) in [4.78, 5) is 13.8. The maximum atomic E-state index is 12.2. The number of amides is 1. The zero-order chi connectivity index (χ0) is 18.7. The standard InChI is InChI=1S/C17H24ClNO5S/c1-17(2,3)24-16(20)19-10-4-5-13(11-19)12-23-25(21,22)15-8-6-14(18)7-9-15/h6-9,13H,4-5,10-12H2,1-3H3/t13-/m1/s1. The van der Waals surface area contributed by atoms with Crippen LogP contribution in [0, 0.1) is 5.92 Å². The Morgan fingerprint density at radius 3 is 2.52 bits per heavy atom. The van der Waals surface area contributed by atoms with Gasteiger partial charge >= 0.3 is 6.09 Å². The molecule has 1 fully saturated rings. The summed E-state index contributed by atoms with van der Waals surface area (Å²) in [6, 6.07) is 5.82. The summed E-state index contributed by atoms with van der Waals surface area (Å²) in [5, 5.41) is 0.458. The quantitative estimate of drug-likeness (QED) is 0.734. The maximum Gasteiger partial charge on any atom is 0.410 e. The third-order valence-electron chi connectivity index (χ3n) is 3.73. The Balaban J connectivity index is 1.92. The number of nitrogens with zero attached hydrogens (tertiary/aromatic N) is 1. The van der Waals surface area contributed by atoms with Gasteiger partial charge in [-0.25, -0.2) is 4.79 Å². The second-order valence-corrected chi connectivity index (χ2v) is 9.18. The van der Waals surface area contributed by atoms with E-state index in [9.17, 15) is 13.2 Å². The highest BCUT2D eigenvalue weighted by molar-refractivity contribution is 7.86. The first-order valence-corrected chi connectivity index (χ1v) is 9.98. The highest BCUT2D eigenvalue weighted by Gasteiger charge is 2.29. The third-order valence-corrected chi connectivity index (χ3v) is 5.28. The van der Waals surface area contributed by atoms with Gasteiger partial charge in [-0.05, 0) is 57.9 Å². The van der Waals surface area contributed by atoms with Crippen molar-refractivity contribution in [3.63, 3.8) is 0 Å². The molecule has 1 heterocycles. The number of benzene rings is 1. The van der Waals surface area contributed by atoms with Gasteiger partial charge in [0.15, 0.2) is 0 Å². The molecule has 8 heteroatoms. The third kappa shape index (κ3) is 6.17. The zero-order valence-corrected chi connectivity index (χ0v) is 16.3. The van der Waals surface area contributed by atoms with Gasteiger partial charge in [0, 0.05) is 24.0 Å². The van der Waals surface area contributed by atoms with E-state index in [0.29, 0.717) is 18.1 Å². The predicted octanol–water partition coefficient (Wildman–Crippen LogP) is 3.69. The molecule has 1 saturated heterocycles. The predicted molar refractivity (Wildman–Crippen MR) is 95.1 cm³/mol. The summed E-state index contributed by atoms with van der Waals surface area (Å²) in [6.07, 6.45) is 1.21. The fraction of sp³-hybridized carbons (Fsp3) is 0.588. The van der Waals surface area contributed by atoms with Gasteiger partial charge in [0.05, 0.1) is 11.5 Å². The van der Waals surface area contributed by atoms with Crippen LogP contribution in [-0.4, -0.2) is 44.7 Å². The van der Waals surface area contributed by atoms with Crippen LogP contribution >= 0.6 is 11.6 Å². The Bertz CT molecular complexity index is 697. The Kier molecular flexibility index (Phi) is 6.35. The molecule has 2 rings (SSSR count). The Morgan fingerprint density at radius 2 is 1.92 bits per heavy atom. The topological polar surface area (TPSA) is 72.9 Å². The monoisotopic (exact) mass is 389 g/mol. The van der Waals surface area contributed by atoms with E-state index in [-0.39, 0.29) is 23.5 Å². The molecule has 0 radical (unpaired) electrons. The number of hydrogen-bond donors (Lipinski definition) is 0. The first kappa shape index (κ1) is 20.0. The molecular weight excluding hydrogens is 366 g/mol. The van der Waals surface area contributed by atoms with Crippen LogP contribution in [0.2, 0.25) is 5.02 Å². The molecule has 0 saturated carbocycles. The van der Waals surface area contributed by atoms with Crippen molar-refractivity contribution in [2.45, 2.75) is 44.1 Å². The molecule has 0 N–H and O–H groups in total. The van der Waals surface area contributed by atoms with Gasteiger partial charge in [-0.3, -0.25) is 4.18 Å². The molecule has 0 aromatic heterocycles. The lowest BCUT2D eigenvalue weighted by Gasteiger charge is -2.33. The number of ether oxygens (including phenoxy) is 1. The molecule has 1 amide bonds. The first-order chi connectivity index (χ1) is 11.6. The Labute approximate surface area is 154 Å². The van der Waals surface area contributed by atoms with E-state index in [1.54, 1.807) is 4.90 Å². The number of halogens is 1. The fourth-order valence-corrected chi connectivity index (χ4v) is 3.65. The van der Waals surface area contributed by atoms with Crippen LogP contribution in [-0.2, 0) is 19.0 Å². The van der Waals surface area contributed by atoms with E-state index >= 15 is 0 Å². The van der Waals surface area contributed by atoms with Crippen LogP contribution in [0.5, 0.6) is 0 Å². The molecule has 25 heavy (non-hydrogen) atoms. The molecule has 0 bridgehead atoms. The first-order valence-electron chi connectivity index (χ1n) is 8.20. The molecule has 0 unspecified atom stereocenters. The van der Waals surface area contributed by atoms with E-state index < -0.39 is 15.7 Å². The van der Waals surface area contributed by atoms with Crippen molar-refractivity contribution in [1.82, 2.24) is 4.90 Å². The largest absolute Gasteiger partial charge is 0.444 e. The molecule has 1 aromatic carbocycles. The summed E-state index contributed by atoms with van der Waals surface area (Å²) >= 11 is 5.77. The molecule has 1 aliphatic rings. The second kappa shape index (κ2) is 7.93. The minimum atomic E-state index is -3.84. The highest BCUT2D eigenvalue weighted by atomic mass is 35.5. The maximum absolute atomic E-state index is 12.2. The second-order valence-electron chi connectivity index (χ2n) is 7.13. The molecule has 6 nitrogen and oxygen atoms in total. The summed E-state index contributed by atoms with van der Waals surface area (Å²) in [5.74, 6) is -0.0525. The lowest BCUT2D eigenvalue weighted by atomic mass is 9.99. The van der Waals surface area contributed by atoms with Crippen molar-refractivity contribution in [2.24, 2.45) is 5.92 Å². The molecule has 1 aromatic rings. The molecule has 1 atom stereocenters. The molecular formula is C17H24ClNO5S. The summed E-state index contributed by atoms with van der Waals surface area (Å²) < 4.78 is 35.0. The SMILES string of the molecule is CC(C)(C)OC(=O)N1CCC[C@@H](COS(=O)(=O)c2ccc(Cl)cc2)C1. The van der Waals surface area contributed by atoms with Crippen molar-refractivity contribution < 1.29 is 22.1 Å². The van der Waals surface area contributed by atoms with Crippen molar-refractivity contribution in [3.05, 3.63) is 29.3 Å². The average Bonchev–Trinajstić information content (AvgIpc) is 2.52. The average molecular weight is 390 g/mol. The van der Waals surface area contributed by atoms with E-state index in [1.165, 1.54) is 24.3 Å². The molecule has 1 aliphatic heterocycles. The van der Waals surface area contributed by atoms with Crippen molar-refractivity contribution in [2.75, 3.05) is 19.7 Å². The normalized spacial score (nSPS) is 18.9. The van der Waals surface area contributed by atoms with E-state index in [4.69, 9.17) is 20.5 Å². The zero-order valence-electron chi connectivity index (χ0n) is 14.7. The number of carbonyl (C=O) groups excluding carboxylic acids is 1. The van der Waals surface area contributed by atoms with E-state index in [2.05, 4.69) is 0 Å². The molecule has 0 spiro atoms. The van der Waals surface area contributed by atoms with Crippen LogP contribution in [0.15, 0.2) is 29.2 Å². The van der Waals surface area contributed by atoms with Crippen molar-refractivity contribution >= 4 is 27.8 Å². The number of piperidine rings is 1. The number of carbonyl (C=O) groups is 1. The molecule has 0 aliphatic carbocycles. The summed E-state index contributed by atoms with van der Waals surface area (Å²) in [5.41, 5.74) is -0.557. The highest BCUT2D eigenvalue weighted by Crippen LogP contribution is 2.22. The van der Waals surface area contributed by atoms with Gasteiger partial charge in [-0.2, -0.15) is 8.42 Å². The Morgan fingerprint density at radius 1 is 1.28 bits per heavy atom. The van der Waals surface area contributed by atoms with Crippen LogP contribution in [0.25, 0.3) is 0 Å². The van der Waals surface area contributed by atoms with E-state index in [1.807, 2.05) is 20.8 Å². The van der Waals surface area contributed by atoms with Crippen molar-refractivity contribution in [1.29, 1.82) is 0 Å². The van der Waals surface area contributed by atoms with Crippen LogP contribution < -0.4 is 0 Å². The van der Waals surface area contributed by atoms with Crippen LogP contribution in [0.3, 0.4) is 0 Å². The number of hydrogen-bond acceptors (Lipinski definition) is 5. The smallest absolute Gasteiger partial charge is 0.410 e. The van der Waals surface area contributed by atoms with Crippen LogP contribution in [0.1, 0.15) is 33.6 Å². The van der Waals surface area contributed by atoms with Gasteiger partial charge in [0.2, 0.25) is 0 Å². The van der Waals surface area contributed by atoms with Crippen LogP contribution in [0.4, 0.5) is 4.79 Å². The fourth-order valence-electron chi connectivity index (χ4n) is 2.55. The van der Waals surface area contributed by atoms with Gasteiger partial charge in [0.25, 0.3) is 10.1 Å². The Hall–Kier alpha value is -1.31. The minimum absolute atomic E-state index is 0.0320. The summed E-state index contributed by atoms with van der Waals surface area (Å²) in [7, 11) is -3.84. The molecule has 140 valence electrons. The van der Waals surface area contributed by atoms with Gasteiger partial charge in [0.1, 0.15) is 5.60 Å². The summed E-state index contributed by atoms with van der Waals surface area (Å²) in [6.45, 7) is 6.50. The minimum Gasteiger partial charge on any atom is -0.444 e.